The lowest BCUT2D eigenvalue weighted by Crippen LogP contribution is -2.40. The third-order valence-corrected chi connectivity index (χ3v) is 5.26. The zero-order valence-corrected chi connectivity index (χ0v) is 16.0. The number of methoxy groups -OCH3 is 1. The van der Waals surface area contributed by atoms with Crippen molar-refractivity contribution in [1.82, 2.24) is 0 Å². The summed E-state index contributed by atoms with van der Waals surface area (Å²) in [6, 6.07) is 13.2. The minimum atomic E-state index is -1.04. The standard InChI is InChI=1S/C22H24FNO4/c1-15(20(25)24-18-11-5-6-12-19(18)27-2)28-21(26)22(13-7-8-14-22)16-9-3-4-10-17(16)23/h3-6,9-12,15H,7-8,13-14H2,1-2H3,(H,24,25)/t15-/m1/s1. The second-order valence-electron chi connectivity index (χ2n) is 7.01. The number of amides is 1. The molecule has 3 rings (SSSR count). The van der Waals surface area contributed by atoms with Crippen LogP contribution in [0.25, 0.3) is 0 Å². The Morgan fingerprint density at radius 2 is 1.71 bits per heavy atom. The number of anilines is 1. The molecule has 1 N–H and O–H groups in total. The van der Waals surface area contributed by atoms with Gasteiger partial charge in [-0.15, -0.1) is 0 Å². The Morgan fingerprint density at radius 3 is 2.39 bits per heavy atom. The molecule has 0 aliphatic heterocycles. The maximum Gasteiger partial charge on any atom is 0.317 e. The molecule has 0 aromatic heterocycles. The molecule has 1 aliphatic carbocycles. The van der Waals surface area contributed by atoms with Gasteiger partial charge in [0.05, 0.1) is 18.2 Å². The fourth-order valence-corrected chi connectivity index (χ4v) is 3.72. The van der Waals surface area contributed by atoms with Crippen molar-refractivity contribution in [2.24, 2.45) is 0 Å². The summed E-state index contributed by atoms with van der Waals surface area (Å²) < 4.78 is 25.1. The molecule has 0 spiro atoms. The second kappa shape index (κ2) is 8.42. The Bertz CT molecular complexity index is 861. The molecule has 1 fully saturated rings. The van der Waals surface area contributed by atoms with Crippen molar-refractivity contribution in [3.8, 4) is 5.75 Å². The molecule has 0 unspecified atom stereocenters. The smallest absolute Gasteiger partial charge is 0.317 e. The molecule has 6 heteroatoms. The van der Waals surface area contributed by atoms with Crippen molar-refractivity contribution in [3.05, 3.63) is 59.9 Å². The summed E-state index contributed by atoms with van der Waals surface area (Å²) in [7, 11) is 1.51. The molecule has 2 aromatic carbocycles. The first kappa shape index (κ1) is 19.9. The Morgan fingerprint density at radius 1 is 1.07 bits per heavy atom. The first-order valence-electron chi connectivity index (χ1n) is 9.38. The van der Waals surface area contributed by atoms with Gasteiger partial charge in [-0.1, -0.05) is 43.2 Å². The van der Waals surface area contributed by atoms with Crippen LogP contribution in [-0.4, -0.2) is 25.1 Å². The molecule has 1 atom stereocenters. The van der Waals surface area contributed by atoms with Crippen molar-refractivity contribution in [1.29, 1.82) is 0 Å². The average Bonchev–Trinajstić information content (AvgIpc) is 3.19. The molecule has 148 valence electrons. The highest BCUT2D eigenvalue weighted by atomic mass is 19.1. The van der Waals surface area contributed by atoms with Crippen LogP contribution in [0.1, 0.15) is 38.2 Å². The number of para-hydroxylation sites is 2. The van der Waals surface area contributed by atoms with Crippen molar-refractivity contribution in [2.75, 3.05) is 12.4 Å². The van der Waals surface area contributed by atoms with Gasteiger partial charge in [-0.25, -0.2) is 4.39 Å². The van der Waals surface area contributed by atoms with Crippen LogP contribution in [-0.2, 0) is 19.7 Å². The van der Waals surface area contributed by atoms with Crippen molar-refractivity contribution in [2.45, 2.75) is 44.1 Å². The number of benzene rings is 2. The first-order chi connectivity index (χ1) is 13.5. The zero-order chi connectivity index (χ0) is 20.1. The van der Waals surface area contributed by atoms with E-state index in [-0.39, 0.29) is 0 Å². The first-order valence-corrected chi connectivity index (χ1v) is 9.38. The number of hydrogen-bond acceptors (Lipinski definition) is 4. The van der Waals surface area contributed by atoms with Crippen molar-refractivity contribution < 1.29 is 23.5 Å². The molecule has 1 amide bonds. The third-order valence-electron chi connectivity index (χ3n) is 5.26. The van der Waals surface area contributed by atoms with Crippen LogP contribution in [0.3, 0.4) is 0 Å². The number of nitrogens with one attached hydrogen (secondary N) is 1. The normalized spacial score (nSPS) is 16.2. The molecular weight excluding hydrogens is 361 g/mol. The van der Waals surface area contributed by atoms with Crippen LogP contribution in [0.4, 0.5) is 10.1 Å². The molecule has 2 aromatic rings. The predicted molar refractivity (Wildman–Crippen MR) is 104 cm³/mol. The molecule has 0 heterocycles. The van der Waals surface area contributed by atoms with E-state index < -0.39 is 29.2 Å². The molecule has 1 aliphatic rings. The van der Waals surface area contributed by atoms with Gasteiger partial charge >= 0.3 is 5.97 Å². The molecular formula is C22H24FNO4. The monoisotopic (exact) mass is 385 g/mol. The Balaban J connectivity index is 1.75. The molecule has 0 saturated heterocycles. The van der Waals surface area contributed by atoms with Crippen LogP contribution in [0.2, 0.25) is 0 Å². The summed E-state index contributed by atoms with van der Waals surface area (Å²) in [5.74, 6) is -0.946. The van der Waals surface area contributed by atoms with Gasteiger partial charge in [0.15, 0.2) is 6.10 Å². The fourth-order valence-electron chi connectivity index (χ4n) is 3.72. The van der Waals surface area contributed by atoms with E-state index in [9.17, 15) is 14.0 Å². The van der Waals surface area contributed by atoms with E-state index in [2.05, 4.69) is 5.32 Å². The van der Waals surface area contributed by atoms with Crippen LogP contribution >= 0.6 is 0 Å². The molecule has 5 nitrogen and oxygen atoms in total. The topological polar surface area (TPSA) is 64.6 Å². The number of esters is 1. The Kier molecular flexibility index (Phi) is 5.97. The van der Waals surface area contributed by atoms with Crippen LogP contribution in [0, 0.1) is 5.82 Å². The maximum atomic E-state index is 14.4. The number of carbonyl (C=O) groups is 2. The summed E-state index contributed by atoms with van der Waals surface area (Å²) >= 11 is 0. The Labute approximate surface area is 163 Å². The quantitative estimate of drug-likeness (QED) is 0.757. The average molecular weight is 385 g/mol. The summed E-state index contributed by atoms with van der Waals surface area (Å²) in [6.07, 6.45) is 1.61. The van der Waals surface area contributed by atoms with Gasteiger partial charge in [0.1, 0.15) is 11.6 Å². The lowest BCUT2D eigenvalue weighted by Gasteiger charge is -2.29. The second-order valence-corrected chi connectivity index (χ2v) is 7.01. The minimum Gasteiger partial charge on any atom is -0.495 e. The largest absolute Gasteiger partial charge is 0.495 e. The van der Waals surface area contributed by atoms with Crippen LogP contribution in [0.15, 0.2) is 48.5 Å². The minimum absolute atomic E-state index is 0.342. The number of halogens is 1. The summed E-state index contributed by atoms with van der Waals surface area (Å²) in [4.78, 5) is 25.5. The molecule has 1 saturated carbocycles. The van der Waals surface area contributed by atoms with E-state index in [0.29, 0.717) is 29.8 Å². The van der Waals surface area contributed by atoms with E-state index in [1.807, 2.05) is 0 Å². The molecule has 0 radical (unpaired) electrons. The van der Waals surface area contributed by atoms with Crippen molar-refractivity contribution >= 4 is 17.6 Å². The summed E-state index contributed by atoms with van der Waals surface area (Å²) in [5, 5.41) is 2.71. The lowest BCUT2D eigenvalue weighted by molar-refractivity contribution is -0.159. The highest BCUT2D eigenvalue weighted by Gasteiger charge is 2.46. The van der Waals surface area contributed by atoms with E-state index >= 15 is 0 Å². The van der Waals surface area contributed by atoms with E-state index in [4.69, 9.17) is 9.47 Å². The van der Waals surface area contributed by atoms with Crippen LogP contribution < -0.4 is 10.1 Å². The van der Waals surface area contributed by atoms with Crippen molar-refractivity contribution in [3.63, 3.8) is 0 Å². The van der Waals surface area contributed by atoms with Gasteiger partial charge in [-0.2, -0.15) is 0 Å². The summed E-state index contributed by atoms with van der Waals surface area (Å²) in [5.41, 5.74) is -0.206. The van der Waals surface area contributed by atoms with E-state index in [1.165, 1.54) is 20.1 Å². The van der Waals surface area contributed by atoms with Gasteiger partial charge in [0, 0.05) is 5.56 Å². The predicted octanol–water partition coefficient (Wildman–Crippen LogP) is 4.22. The van der Waals surface area contributed by atoms with Crippen LogP contribution in [0.5, 0.6) is 5.75 Å². The highest BCUT2D eigenvalue weighted by molar-refractivity contribution is 5.97. The number of ether oxygens (including phenoxy) is 2. The third kappa shape index (κ3) is 3.86. The Hall–Kier alpha value is -2.89. The summed E-state index contributed by atoms with van der Waals surface area (Å²) in [6.45, 7) is 1.51. The number of hydrogen-bond donors (Lipinski definition) is 1. The van der Waals surface area contributed by atoms with Gasteiger partial charge in [0.2, 0.25) is 0 Å². The lowest BCUT2D eigenvalue weighted by atomic mass is 9.78. The van der Waals surface area contributed by atoms with Gasteiger partial charge in [-0.05, 0) is 38.0 Å². The number of carbonyl (C=O) groups excluding carboxylic acids is 2. The highest BCUT2D eigenvalue weighted by Crippen LogP contribution is 2.43. The number of rotatable bonds is 6. The van der Waals surface area contributed by atoms with E-state index in [1.54, 1.807) is 42.5 Å². The van der Waals surface area contributed by atoms with Gasteiger partial charge in [-0.3, -0.25) is 9.59 Å². The van der Waals surface area contributed by atoms with Gasteiger partial charge in [0.25, 0.3) is 5.91 Å². The molecule has 28 heavy (non-hydrogen) atoms. The molecule has 0 bridgehead atoms. The maximum absolute atomic E-state index is 14.4. The fraction of sp³-hybridized carbons (Fsp3) is 0.364. The SMILES string of the molecule is COc1ccccc1NC(=O)[C@@H](C)OC(=O)C1(c2ccccc2F)CCCC1. The zero-order valence-electron chi connectivity index (χ0n) is 16.0. The van der Waals surface area contributed by atoms with Gasteiger partial charge < -0.3 is 14.8 Å². The van der Waals surface area contributed by atoms with E-state index in [0.717, 1.165) is 12.8 Å².